The molecule has 6 nitrogen and oxygen atoms in total. The van der Waals surface area contributed by atoms with Crippen LogP contribution in [0, 0.1) is 6.92 Å². The van der Waals surface area contributed by atoms with E-state index in [0.717, 1.165) is 15.6 Å². The minimum Gasteiger partial charge on any atom is -0.360 e. The summed E-state index contributed by atoms with van der Waals surface area (Å²) in [7, 11) is 0. The average molecular weight is 517 g/mol. The van der Waals surface area contributed by atoms with Crippen LogP contribution >= 0.6 is 27.5 Å². The molecule has 166 valence electrons. The number of aromatic amines is 1. The number of fused-ring (bicyclic) bond motifs is 1. The van der Waals surface area contributed by atoms with Gasteiger partial charge in [-0.1, -0.05) is 33.6 Å². The molecule has 4 rings (SSSR count). The molecule has 0 radical (unpaired) electrons. The fraction of sp³-hybridized carbons (Fsp3) is 0.292. The van der Waals surface area contributed by atoms with Gasteiger partial charge in [0.25, 0.3) is 17.6 Å². The standard InChI is InChI=1S/C24H23BrClN3O3/c1-14-3-5-16(19(26)11-14)23(32)29-9-7-24(2,8-10-29)28-22(31)21(30)18-13-27-20-6-4-15(25)12-17(18)20/h3-6,11-13,27H,7-10H2,1-2H3,(H,28,31). The lowest BCUT2D eigenvalue weighted by molar-refractivity contribution is -0.119. The fourth-order valence-electron chi connectivity index (χ4n) is 4.03. The van der Waals surface area contributed by atoms with Crippen molar-refractivity contribution in [2.24, 2.45) is 0 Å². The quantitative estimate of drug-likeness (QED) is 0.383. The van der Waals surface area contributed by atoms with Gasteiger partial charge in [0, 0.05) is 40.2 Å². The predicted octanol–water partition coefficient (Wildman–Crippen LogP) is 4.89. The number of nitrogens with one attached hydrogen (secondary N) is 2. The number of amides is 2. The summed E-state index contributed by atoms with van der Waals surface area (Å²) >= 11 is 9.66. The van der Waals surface area contributed by atoms with Gasteiger partial charge in [0.15, 0.2) is 0 Å². The van der Waals surface area contributed by atoms with E-state index in [-0.39, 0.29) is 5.91 Å². The van der Waals surface area contributed by atoms with Gasteiger partial charge in [-0.25, -0.2) is 0 Å². The summed E-state index contributed by atoms with van der Waals surface area (Å²) in [5, 5.41) is 4.03. The molecule has 0 saturated carbocycles. The fourth-order valence-corrected chi connectivity index (χ4v) is 4.70. The first kappa shape index (κ1) is 22.6. The first-order valence-corrected chi connectivity index (χ1v) is 11.5. The Kier molecular flexibility index (Phi) is 6.14. The molecule has 2 N–H and O–H groups in total. The maximum atomic E-state index is 12.9. The van der Waals surface area contributed by atoms with Crippen LogP contribution < -0.4 is 5.32 Å². The largest absolute Gasteiger partial charge is 0.360 e. The summed E-state index contributed by atoms with van der Waals surface area (Å²) < 4.78 is 0.830. The number of carbonyl (C=O) groups is 3. The van der Waals surface area contributed by atoms with Crippen LogP contribution in [-0.2, 0) is 4.79 Å². The van der Waals surface area contributed by atoms with Crippen LogP contribution in [0.15, 0.2) is 47.1 Å². The van der Waals surface area contributed by atoms with Crippen molar-refractivity contribution in [2.45, 2.75) is 32.2 Å². The number of hydrogen-bond acceptors (Lipinski definition) is 3. The van der Waals surface area contributed by atoms with Crippen molar-refractivity contribution in [3.05, 3.63) is 68.8 Å². The Labute approximate surface area is 199 Å². The molecule has 3 aromatic rings. The third kappa shape index (κ3) is 4.45. The van der Waals surface area contributed by atoms with E-state index in [0.29, 0.717) is 47.5 Å². The van der Waals surface area contributed by atoms with Crippen molar-refractivity contribution in [3.63, 3.8) is 0 Å². The molecule has 8 heteroatoms. The molecule has 1 aromatic heterocycles. The van der Waals surface area contributed by atoms with Crippen molar-refractivity contribution in [1.82, 2.24) is 15.2 Å². The van der Waals surface area contributed by atoms with Gasteiger partial charge in [0.1, 0.15) is 0 Å². The van der Waals surface area contributed by atoms with Crippen molar-refractivity contribution >= 4 is 56.0 Å². The first-order valence-electron chi connectivity index (χ1n) is 10.4. The van der Waals surface area contributed by atoms with Gasteiger partial charge >= 0.3 is 0 Å². The van der Waals surface area contributed by atoms with E-state index in [2.05, 4.69) is 26.2 Å². The van der Waals surface area contributed by atoms with Crippen LogP contribution in [0.1, 0.15) is 46.0 Å². The Balaban J connectivity index is 1.42. The maximum absolute atomic E-state index is 12.9. The Hall–Kier alpha value is -2.64. The number of hydrogen-bond donors (Lipinski definition) is 2. The number of ketones is 1. The topological polar surface area (TPSA) is 82.3 Å². The number of benzene rings is 2. The molecule has 32 heavy (non-hydrogen) atoms. The van der Waals surface area contributed by atoms with E-state index in [1.807, 2.05) is 38.1 Å². The number of H-pyrrole nitrogens is 1. The van der Waals surface area contributed by atoms with Gasteiger partial charge in [-0.15, -0.1) is 0 Å². The Morgan fingerprint density at radius 2 is 1.81 bits per heavy atom. The third-order valence-corrected chi connectivity index (χ3v) is 6.83. The minimum atomic E-state index is -0.644. The zero-order chi connectivity index (χ0) is 23.0. The first-order chi connectivity index (χ1) is 15.2. The zero-order valence-electron chi connectivity index (χ0n) is 17.8. The highest BCUT2D eigenvalue weighted by Crippen LogP contribution is 2.27. The highest BCUT2D eigenvalue weighted by atomic mass is 79.9. The number of carbonyl (C=O) groups excluding carboxylic acids is 3. The summed E-state index contributed by atoms with van der Waals surface area (Å²) in [5.41, 5.74) is 2.02. The zero-order valence-corrected chi connectivity index (χ0v) is 20.1. The summed E-state index contributed by atoms with van der Waals surface area (Å²) in [6.45, 7) is 4.76. The minimum absolute atomic E-state index is 0.121. The van der Waals surface area contributed by atoms with Crippen LogP contribution in [0.25, 0.3) is 10.9 Å². The number of rotatable bonds is 4. The van der Waals surface area contributed by atoms with Crippen LogP contribution in [0.4, 0.5) is 0 Å². The Morgan fingerprint density at radius 3 is 2.50 bits per heavy atom. The molecule has 1 aliphatic heterocycles. The number of nitrogens with zero attached hydrogens (tertiary/aromatic N) is 1. The number of Topliss-reactive ketones (excluding diaryl/α,β-unsaturated/α-hetero) is 1. The van der Waals surface area contributed by atoms with Gasteiger partial charge < -0.3 is 15.2 Å². The SMILES string of the molecule is Cc1ccc(C(=O)N2CCC(C)(NC(=O)C(=O)c3c[nH]c4ccc(Br)cc34)CC2)c(Cl)c1. The second-order valence-electron chi connectivity index (χ2n) is 8.51. The van der Waals surface area contributed by atoms with Crippen LogP contribution in [0.3, 0.4) is 0 Å². The second-order valence-corrected chi connectivity index (χ2v) is 9.83. The molecule has 2 heterocycles. The van der Waals surface area contributed by atoms with Gasteiger partial charge in [0.05, 0.1) is 16.1 Å². The van der Waals surface area contributed by atoms with E-state index >= 15 is 0 Å². The molecule has 2 aromatic carbocycles. The molecule has 0 spiro atoms. The van der Waals surface area contributed by atoms with Crippen molar-refractivity contribution in [1.29, 1.82) is 0 Å². The van der Waals surface area contributed by atoms with E-state index < -0.39 is 17.2 Å². The van der Waals surface area contributed by atoms with Crippen LogP contribution in [-0.4, -0.2) is 46.1 Å². The van der Waals surface area contributed by atoms with Gasteiger partial charge in [-0.2, -0.15) is 0 Å². The molecule has 0 unspecified atom stereocenters. The van der Waals surface area contributed by atoms with Gasteiger partial charge in [0.2, 0.25) is 0 Å². The van der Waals surface area contributed by atoms with E-state index in [4.69, 9.17) is 11.6 Å². The van der Waals surface area contributed by atoms with E-state index in [1.54, 1.807) is 23.2 Å². The maximum Gasteiger partial charge on any atom is 0.292 e. The highest BCUT2D eigenvalue weighted by molar-refractivity contribution is 9.10. The summed E-state index contributed by atoms with van der Waals surface area (Å²) in [5.74, 6) is -1.35. The van der Waals surface area contributed by atoms with E-state index in [9.17, 15) is 14.4 Å². The van der Waals surface area contributed by atoms with Gasteiger partial charge in [-0.05, 0) is 62.6 Å². The second kappa shape index (κ2) is 8.71. The monoisotopic (exact) mass is 515 g/mol. The number of piperidine rings is 1. The smallest absolute Gasteiger partial charge is 0.292 e. The van der Waals surface area contributed by atoms with Crippen LogP contribution in [0.5, 0.6) is 0 Å². The summed E-state index contributed by atoms with van der Waals surface area (Å²) in [4.78, 5) is 43.3. The normalized spacial score (nSPS) is 15.6. The average Bonchev–Trinajstić information content (AvgIpc) is 3.16. The van der Waals surface area contributed by atoms with Crippen molar-refractivity contribution in [2.75, 3.05) is 13.1 Å². The molecule has 0 bridgehead atoms. The molecule has 2 amide bonds. The molecular formula is C24H23BrClN3O3. The van der Waals surface area contributed by atoms with Crippen LogP contribution in [0.2, 0.25) is 5.02 Å². The Morgan fingerprint density at radius 1 is 1.09 bits per heavy atom. The molecule has 1 fully saturated rings. The summed E-state index contributed by atoms with van der Waals surface area (Å²) in [6.07, 6.45) is 2.65. The lowest BCUT2D eigenvalue weighted by atomic mass is 9.88. The number of aryl methyl sites for hydroxylation is 1. The lowest BCUT2D eigenvalue weighted by Gasteiger charge is -2.39. The van der Waals surface area contributed by atoms with E-state index in [1.165, 1.54) is 0 Å². The molecular weight excluding hydrogens is 494 g/mol. The van der Waals surface area contributed by atoms with Crippen molar-refractivity contribution in [3.8, 4) is 0 Å². The molecule has 1 saturated heterocycles. The molecule has 1 aliphatic rings. The number of halogens is 2. The Bertz CT molecular complexity index is 1230. The highest BCUT2D eigenvalue weighted by Gasteiger charge is 2.35. The predicted molar refractivity (Wildman–Crippen MR) is 128 cm³/mol. The number of aromatic nitrogens is 1. The number of likely N-dealkylation sites (tertiary alicyclic amines) is 1. The van der Waals surface area contributed by atoms with Gasteiger partial charge in [-0.3, -0.25) is 14.4 Å². The third-order valence-electron chi connectivity index (χ3n) is 6.02. The molecule has 0 atom stereocenters. The van der Waals surface area contributed by atoms with Crippen molar-refractivity contribution < 1.29 is 14.4 Å². The lowest BCUT2D eigenvalue weighted by Crippen LogP contribution is -2.55. The summed E-state index contributed by atoms with van der Waals surface area (Å²) in [6, 6.07) is 10.9. The molecule has 0 aliphatic carbocycles.